The highest BCUT2D eigenvalue weighted by molar-refractivity contribution is 7.89. The van der Waals surface area contributed by atoms with Crippen LogP contribution in [-0.2, 0) is 16.6 Å². The van der Waals surface area contributed by atoms with Gasteiger partial charge in [-0.1, -0.05) is 54.1 Å². The van der Waals surface area contributed by atoms with Crippen LogP contribution in [0.5, 0.6) is 0 Å². The van der Waals surface area contributed by atoms with Crippen LogP contribution in [0, 0.1) is 12.8 Å². The van der Waals surface area contributed by atoms with Crippen LogP contribution in [0.25, 0.3) is 11.1 Å². The largest absolute Gasteiger partial charge is 0.391 e. The molecule has 2 aromatic carbocycles. The van der Waals surface area contributed by atoms with E-state index in [2.05, 4.69) is 60.4 Å². The minimum Gasteiger partial charge on any atom is -0.391 e. The van der Waals surface area contributed by atoms with Crippen molar-refractivity contribution >= 4 is 10.0 Å². The Bertz CT molecular complexity index is 879. The van der Waals surface area contributed by atoms with Crippen molar-refractivity contribution in [2.24, 2.45) is 5.92 Å². The van der Waals surface area contributed by atoms with Gasteiger partial charge in [-0.3, -0.25) is 4.90 Å². The molecule has 1 saturated heterocycles. The standard InChI is InChI=1S/C21H28N2O3S/c1-16-5-4-6-19(11-16)18-9-7-17(8-10-18)12-23-13-20(21(24)14-23)15-27(25,26)22(2)3/h4-11,20-21,24H,12-15H2,1-3H3/t20-,21+/m0/s1. The monoisotopic (exact) mass is 388 g/mol. The number of benzene rings is 2. The summed E-state index contributed by atoms with van der Waals surface area (Å²) in [5.41, 5.74) is 4.78. The van der Waals surface area contributed by atoms with E-state index < -0.39 is 16.1 Å². The molecular weight excluding hydrogens is 360 g/mol. The van der Waals surface area contributed by atoms with Crippen molar-refractivity contribution in [3.8, 4) is 11.1 Å². The third-order valence-corrected chi connectivity index (χ3v) is 7.14. The van der Waals surface area contributed by atoms with Gasteiger partial charge in [0.15, 0.2) is 0 Å². The molecule has 27 heavy (non-hydrogen) atoms. The number of sulfonamides is 1. The third kappa shape index (κ3) is 4.96. The molecule has 1 aliphatic rings. The quantitative estimate of drug-likeness (QED) is 0.825. The number of rotatable bonds is 6. The summed E-state index contributed by atoms with van der Waals surface area (Å²) in [6.45, 7) is 3.90. The van der Waals surface area contributed by atoms with Gasteiger partial charge in [0, 0.05) is 39.6 Å². The van der Waals surface area contributed by atoms with Gasteiger partial charge in [0.05, 0.1) is 11.9 Å². The van der Waals surface area contributed by atoms with Gasteiger partial charge in [-0.2, -0.15) is 0 Å². The van der Waals surface area contributed by atoms with Gasteiger partial charge in [-0.25, -0.2) is 12.7 Å². The molecule has 5 nitrogen and oxygen atoms in total. The molecular formula is C21H28N2O3S. The minimum atomic E-state index is -3.30. The van der Waals surface area contributed by atoms with Gasteiger partial charge in [0.25, 0.3) is 0 Å². The summed E-state index contributed by atoms with van der Waals surface area (Å²) in [5, 5.41) is 10.3. The predicted molar refractivity (Wildman–Crippen MR) is 109 cm³/mol. The van der Waals surface area contributed by atoms with Gasteiger partial charge in [0.1, 0.15) is 0 Å². The first-order valence-electron chi connectivity index (χ1n) is 9.21. The second-order valence-corrected chi connectivity index (χ2v) is 9.88. The van der Waals surface area contributed by atoms with Crippen molar-refractivity contribution < 1.29 is 13.5 Å². The number of β-amino-alcohol motifs (C(OH)–C–C–N with tert-alkyl or cyclic N) is 1. The van der Waals surface area contributed by atoms with Crippen molar-refractivity contribution in [3.05, 3.63) is 59.7 Å². The highest BCUT2D eigenvalue weighted by atomic mass is 32.2. The highest BCUT2D eigenvalue weighted by Crippen LogP contribution is 2.24. The van der Waals surface area contributed by atoms with Crippen molar-refractivity contribution in [1.29, 1.82) is 0 Å². The van der Waals surface area contributed by atoms with E-state index in [0.29, 0.717) is 19.6 Å². The molecule has 0 saturated carbocycles. The number of aryl methyl sites for hydroxylation is 1. The molecule has 0 aromatic heterocycles. The van der Waals surface area contributed by atoms with Crippen LogP contribution in [0.2, 0.25) is 0 Å². The number of hydrogen-bond acceptors (Lipinski definition) is 4. The second-order valence-electron chi connectivity index (χ2n) is 7.65. The lowest BCUT2D eigenvalue weighted by Gasteiger charge is -2.18. The summed E-state index contributed by atoms with van der Waals surface area (Å²) in [6.07, 6.45) is -0.605. The molecule has 1 aliphatic heterocycles. The van der Waals surface area contributed by atoms with Gasteiger partial charge >= 0.3 is 0 Å². The molecule has 0 aliphatic carbocycles. The van der Waals surface area contributed by atoms with E-state index >= 15 is 0 Å². The van der Waals surface area contributed by atoms with E-state index in [4.69, 9.17) is 0 Å². The van der Waals surface area contributed by atoms with Gasteiger partial charge in [-0.05, 0) is 23.6 Å². The number of aliphatic hydroxyl groups is 1. The lowest BCUT2D eigenvalue weighted by Crippen LogP contribution is -2.33. The van der Waals surface area contributed by atoms with E-state index in [1.165, 1.54) is 35.1 Å². The Morgan fingerprint density at radius 2 is 1.78 bits per heavy atom. The average molecular weight is 389 g/mol. The summed E-state index contributed by atoms with van der Waals surface area (Å²) < 4.78 is 25.4. The maximum Gasteiger partial charge on any atom is 0.214 e. The van der Waals surface area contributed by atoms with Crippen LogP contribution in [0.1, 0.15) is 11.1 Å². The summed E-state index contributed by atoms with van der Waals surface area (Å²) in [7, 11) is -0.240. The SMILES string of the molecule is Cc1cccc(-c2ccc(CN3C[C@@H](CS(=O)(=O)N(C)C)[C@H](O)C3)cc2)c1. The molecule has 0 bridgehead atoms. The van der Waals surface area contributed by atoms with Gasteiger partial charge in [0.2, 0.25) is 10.0 Å². The molecule has 0 amide bonds. The van der Waals surface area contributed by atoms with Crippen LogP contribution < -0.4 is 0 Å². The van der Waals surface area contributed by atoms with E-state index in [1.54, 1.807) is 0 Å². The minimum absolute atomic E-state index is 0.00996. The summed E-state index contributed by atoms with van der Waals surface area (Å²) >= 11 is 0. The zero-order valence-corrected chi connectivity index (χ0v) is 17.0. The molecule has 0 unspecified atom stereocenters. The first-order chi connectivity index (χ1) is 12.7. The lowest BCUT2D eigenvalue weighted by atomic mass is 10.0. The van der Waals surface area contributed by atoms with Crippen LogP contribution in [0.4, 0.5) is 0 Å². The summed E-state index contributed by atoms with van der Waals surface area (Å²) in [4.78, 5) is 2.13. The maximum absolute atomic E-state index is 12.1. The smallest absolute Gasteiger partial charge is 0.214 e. The van der Waals surface area contributed by atoms with Crippen molar-refractivity contribution in [2.75, 3.05) is 32.9 Å². The molecule has 0 spiro atoms. The Balaban J connectivity index is 1.63. The van der Waals surface area contributed by atoms with Crippen LogP contribution in [-0.4, -0.2) is 61.8 Å². The summed E-state index contributed by atoms with van der Waals surface area (Å²) in [5.74, 6) is -0.256. The van der Waals surface area contributed by atoms with Crippen molar-refractivity contribution in [1.82, 2.24) is 9.21 Å². The van der Waals surface area contributed by atoms with Gasteiger partial charge < -0.3 is 5.11 Å². The van der Waals surface area contributed by atoms with Crippen LogP contribution in [0.3, 0.4) is 0 Å². The molecule has 1 heterocycles. The number of hydrogen-bond donors (Lipinski definition) is 1. The Kier molecular flexibility index (Phi) is 6.01. The average Bonchev–Trinajstić information content (AvgIpc) is 2.94. The molecule has 1 N–H and O–H groups in total. The Morgan fingerprint density at radius 1 is 1.07 bits per heavy atom. The topological polar surface area (TPSA) is 60.9 Å². The zero-order chi connectivity index (χ0) is 19.6. The number of nitrogens with zero attached hydrogens (tertiary/aromatic N) is 2. The van der Waals surface area contributed by atoms with Crippen molar-refractivity contribution in [2.45, 2.75) is 19.6 Å². The molecule has 2 aromatic rings. The Hall–Kier alpha value is -1.73. The van der Waals surface area contributed by atoms with Crippen LogP contribution in [0.15, 0.2) is 48.5 Å². The molecule has 3 rings (SSSR count). The highest BCUT2D eigenvalue weighted by Gasteiger charge is 2.35. The number of likely N-dealkylation sites (tertiary alicyclic amines) is 1. The molecule has 2 atom stereocenters. The normalized spacial score (nSPS) is 21.1. The maximum atomic E-state index is 12.1. The molecule has 146 valence electrons. The Morgan fingerprint density at radius 3 is 2.41 bits per heavy atom. The number of aliphatic hydroxyl groups excluding tert-OH is 1. The van der Waals surface area contributed by atoms with E-state index in [9.17, 15) is 13.5 Å². The third-order valence-electron chi connectivity index (χ3n) is 5.17. The molecule has 0 radical (unpaired) electrons. The van der Waals surface area contributed by atoms with E-state index in [0.717, 1.165) is 5.56 Å². The fourth-order valence-corrected chi connectivity index (χ4v) is 4.71. The first kappa shape index (κ1) is 20.0. The fourth-order valence-electron chi connectivity index (χ4n) is 3.54. The molecule has 1 fully saturated rings. The van der Waals surface area contributed by atoms with Crippen LogP contribution >= 0.6 is 0 Å². The van der Waals surface area contributed by atoms with E-state index in [1.807, 2.05) is 0 Å². The zero-order valence-electron chi connectivity index (χ0n) is 16.2. The lowest BCUT2D eigenvalue weighted by molar-refractivity contribution is 0.148. The fraction of sp³-hybridized carbons (Fsp3) is 0.429. The van der Waals surface area contributed by atoms with Crippen molar-refractivity contribution in [3.63, 3.8) is 0 Å². The van der Waals surface area contributed by atoms with E-state index in [-0.39, 0.29) is 11.7 Å². The summed E-state index contributed by atoms with van der Waals surface area (Å²) in [6, 6.07) is 16.9. The molecule has 6 heteroatoms. The Labute approximate surface area is 162 Å². The van der Waals surface area contributed by atoms with Gasteiger partial charge in [-0.15, -0.1) is 0 Å². The first-order valence-corrected chi connectivity index (χ1v) is 10.8. The predicted octanol–water partition coefficient (Wildman–Crippen LogP) is 2.35. The second kappa shape index (κ2) is 8.10.